The van der Waals surface area contributed by atoms with Gasteiger partial charge in [-0.1, -0.05) is 13.0 Å². The summed E-state index contributed by atoms with van der Waals surface area (Å²) >= 11 is 0. The molecule has 0 radical (unpaired) electrons. The first-order valence-electron chi connectivity index (χ1n) is 5.00. The van der Waals surface area contributed by atoms with Crippen molar-refractivity contribution in [3.63, 3.8) is 0 Å². The quantitative estimate of drug-likeness (QED) is 0.859. The van der Waals surface area contributed by atoms with Crippen LogP contribution in [0.4, 0.5) is 13.2 Å². The molecule has 0 aliphatic carbocycles. The third-order valence-electron chi connectivity index (χ3n) is 2.20. The molecule has 2 N–H and O–H groups in total. The van der Waals surface area contributed by atoms with E-state index in [1.165, 1.54) is 6.07 Å². The van der Waals surface area contributed by atoms with Crippen molar-refractivity contribution in [2.45, 2.75) is 19.6 Å². The predicted octanol–water partition coefficient (Wildman–Crippen LogP) is 2.51. The second-order valence-corrected chi connectivity index (χ2v) is 3.46. The van der Waals surface area contributed by atoms with E-state index in [0.717, 1.165) is 12.1 Å². The van der Waals surface area contributed by atoms with Gasteiger partial charge in [-0.25, -0.2) is 4.79 Å². The monoisotopic (exact) mass is 247 g/mol. The maximum Gasteiger partial charge on any atom is 0.417 e. The van der Waals surface area contributed by atoms with E-state index in [0.29, 0.717) is 12.1 Å². The van der Waals surface area contributed by atoms with Gasteiger partial charge in [0.1, 0.15) is 0 Å². The van der Waals surface area contributed by atoms with Crippen LogP contribution in [0.25, 0.3) is 0 Å². The van der Waals surface area contributed by atoms with Crippen LogP contribution >= 0.6 is 0 Å². The lowest BCUT2D eigenvalue weighted by atomic mass is 10.0. The molecule has 1 aromatic carbocycles. The van der Waals surface area contributed by atoms with Gasteiger partial charge in [0.25, 0.3) is 0 Å². The molecule has 0 fully saturated rings. The van der Waals surface area contributed by atoms with E-state index in [9.17, 15) is 18.0 Å². The van der Waals surface area contributed by atoms with E-state index in [2.05, 4.69) is 5.32 Å². The van der Waals surface area contributed by atoms with Crippen LogP contribution in [0.5, 0.6) is 0 Å². The van der Waals surface area contributed by atoms with Gasteiger partial charge in [0.15, 0.2) is 0 Å². The highest BCUT2D eigenvalue weighted by Crippen LogP contribution is 2.32. The summed E-state index contributed by atoms with van der Waals surface area (Å²) < 4.78 is 37.9. The smallest absolute Gasteiger partial charge is 0.417 e. The molecule has 0 bridgehead atoms. The molecule has 0 unspecified atom stereocenters. The molecule has 6 heteroatoms. The Hall–Kier alpha value is -1.56. The van der Waals surface area contributed by atoms with Crippen molar-refractivity contribution in [3.05, 3.63) is 34.9 Å². The Balaban J connectivity index is 3.15. The minimum atomic E-state index is -4.66. The fourth-order valence-corrected chi connectivity index (χ4v) is 1.39. The lowest BCUT2D eigenvalue weighted by Crippen LogP contribution is -2.16. The van der Waals surface area contributed by atoms with Crippen LogP contribution < -0.4 is 5.32 Å². The van der Waals surface area contributed by atoms with E-state index < -0.39 is 23.3 Å². The minimum absolute atomic E-state index is 0.277. The molecule has 0 amide bonds. The van der Waals surface area contributed by atoms with Crippen LogP contribution in [0.2, 0.25) is 0 Å². The number of carboxylic acids is 1. The largest absolute Gasteiger partial charge is 0.478 e. The first kappa shape index (κ1) is 13.5. The number of alkyl halides is 3. The van der Waals surface area contributed by atoms with E-state index in [1.54, 1.807) is 0 Å². The van der Waals surface area contributed by atoms with Gasteiger partial charge in [0.05, 0.1) is 11.1 Å². The molecule has 0 spiro atoms. The molecular weight excluding hydrogens is 235 g/mol. The van der Waals surface area contributed by atoms with Crippen molar-refractivity contribution in [3.8, 4) is 0 Å². The van der Waals surface area contributed by atoms with Crippen molar-refractivity contribution in [2.24, 2.45) is 0 Å². The van der Waals surface area contributed by atoms with Gasteiger partial charge in [-0.15, -0.1) is 0 Å². The number of carboxylic acid groups (broad SMARTS) is 1. The maximum atomic E-state index is 12.6. The molecule has 0 aliphatic heterocycles. The molecular formula is C11H12F3NO2. The average Bonchev–Trinajstić information content (AvgIpc) is 2.24. The van der Waals surface area contributed by atoms with Crippen LogP contribution in [0.1, 0.15) is 28.4 Å². The van der Waals surface area contributed by atoms with Crippen LogP contribution in [0.15, 0.2) is 18.2 Å². The van der Waals surface area contributed by atoms with Gasteiger partial charge in [-0.3, -0.25) is 0 Å². The molecule has 17 heavy (non-hydrogen) atoms. The van der Waals surface area contributed by atoms with Gasteiger partial charge in [0.2, 0.25) is 0 Å². The van der Waals surface area contributed by atoms with E-state index >= 15 is 0 Å². The lowest BCUT2D eigenvalue weighted by Gasteiger charge is -2.12. The van der Waals surface area contributed by atoms with E-state index in [4.69, 9.17) is 5.11 Å². The highest BCUT2D eigenvalue weighted by Gasteiger charge is 2.35. The van der Waals surface area contributed by atoms with E-state index in [1.807, 2.05) is 6.92 Å². The van der Waals surface area contributed by atoms with Crippen molar-refractivity contribution >= 4 is 5.97 Å². The van der Waals surface area contributed by atoms with Crippen LogP contribution in [0, 0.1) is 0 Å². The summed E-state index contributed by atoms with van der Waals surface area (Å²) in [4.78, 5) is 10.7. The Morgan fingerprint density at radius 2 is 2.06 bits per heavy atom. The van der Waals surface area contributed by atoms with Gasteiger partial charge in [-0.2, -0.15) is 13.2 Å². The Morgan fingerprint density at radius 1 is 1.41 bits per heavy atom. The van der Waals surface area contributed by atoms with Crippen LogP contribution in [-0.2, 0) is 12.7 Å². The fourth-order valence-electron chi connectivity index (χ4n) is 1.39. The summed E-state index contributed by atoms with van der Waals surface area (Å²) in [5.74, 6) is -1.58. The van der Waals surface area contributed by atoms with Crippen molar-refractivity contribution in [1.82, 2.24) is 5.32 Å². The second kappa shape index (κ2) is 5.18. The Bertz CT molecular complexity index is 416. The Kier molecular flexibility index (Phi) is 4.11. The minimum Gasteiger partial charge on any atom is -0.478 e. The summed E-state index contributed by atoms with van der Waals surface area (Å²) in [6, 6.07) is 3.23. The molecule has 1 aromatic rings. The standard InChI is InChI=1S/C11H12F3NO2/c1-2-15-6-7-3-4-8(10(16)17)9(5-7)11(12,13)14/h3-5,15H,2,6H2,1H3,(H,16,17). The highest BCUT2D eigenvalue weighted by atomic mass is 19.4. The molecule has 1 rings (SSSR count). The molecule has 3 nitrogen and oxygen atoms in total. The van der Waals surface area contributed by atoms with Gasteiger partial charge < -0.3 is 10.4 Å². The van der Waals surface area contributed by atoms with Gasteiger partial charge >= 0.3 is 12.1 Å². The molecule has 0 heterocycles. The predicted molar refractivity (Wildman–Crippen MR) is 55.8 cm³/mol. The average molecular weight is 247 g/mol. The van der Waals surface area contributed by atoms with Crippen molar-refractivity contribution in [2.75, 3.05) is 6.54 Å². The van der Waals surface area contributed by atoms with E-state index in [-0.39, 0.29) is 6.54 Å². The van der Waals surface area contributed by atoms with Gasteiger partial charge in [-0.05, 0) is 24.2 Å². The zero-order valence-corrected chi connectivity index (χ0v) is 9.14. The number of benzene rings is 1. The number of hydrogen-bond donors (Lipinski definition) is 2. The molecule has 0 saturated heterocycles. The summed E-state index contributed by atoms with van der Waals surface area (Å²) in [6.45, 7) is 2.73. The zero-order valence-electron chi connectivity index (χ0n) is 9.14. The summed E-state index contributed by atoms with van der Waals surface area (Å²) in [5, 5.41) is 11.6. The van der Waals surface area contributed by atoms with Crippen molar-refractivity contribution < 1.29 is 23.1 Å². The normalized spacial score (nSPS) is 11.5. The third-order valence-corrected chi connectivity index (χ3v) is 2.20. The second-order valence-electron chi connectivity index (χ2n) is 3.46. The van der Waals surface area contributed by atoms with Crippen molar-refractivity contribution in [1.29, 1.82) is 0 Å². The third kappa shape index (κ3) is 3.45. The summed E-state index contributed by atoms with van der Waals surface area (Å²) in [6.07, 6.45) is -4.66. The Morgan fingerprint density at radius 3 is 2.53 bits per heavy atom. The summed E-state index contributed by atoms with van der Waals surface area (Å²) in [5.41, 5.74) is -1.43. The molecule has 94 valence electrons. The fraction of sp³-hybridized carbons (Fsp3) is 0.364. The topological polar surface area (TPSA) is 49.3 Å². The molecule has 0 aromatic heterocycles. The number of nitrogens with one attached hydrogen (secondary N) is 1. The summed E-state index contributed by atoms with van der Waals surface area (Å²) in [7, 11) is 0. The van der Waals surface area contributed by atoms with Crippen LogP contribution in [-0.4, -0.2) is 17.6 Å². The lowest BCUT2D eigenvalue weighted by molar-refractivity contribution is -0.138. The number of rotatable bonds is 4. The zero-order chi connectivity index (χ0) is 13.1. The SMILES string of the molecule is CCNCc1ccc(C(=O)O)c(C(F)(F)F)c1. The number of hydrogen-bond acceptors (Lipinski definition) is 2. The first-order chi connectivity index (χ1) is 7.86. The number of aromatic carboxylic acids is 1. The van der Waals surface area contributed by atoms with Crippen LogP contribution in [0.3, 0.4) is 0 Å². The highest BCUT2D eigenvalue weighted by molar-refractivity contribution is 5.89. The Labute approximate surface area is 96.3 Å². The molecule has 0 saturated carbocycles. The molecule has 0 atom stereocenters. The number of halogens is 3. The maximum absolute atomic E-state index is 12.6. The first-order valence-corrected chi connectivity index (χ1v) is 5.00. The van der Waals surface area contributed by atoms with Gasteiger partial charge in [0, 0.05) is 6.54 Å². The number of carbonyl (C=O) groups is 1. The molecule has 0 aliphatic rings.